The molecular weight excluding hydrogens is 261 g/mol. The van der Waals surface area contributed by atoms with Crippen LogP contribution in [0.3, 0.4) is 0 Å². The predicted octanol–water partition coefficient (Wildman–Crippen LogP) is 1.92. The Hall–Kier alpha value is -2.31. The summed E-state index contributed by atoms with van der Waals surface area (Å²) in [7, 11) is 0. The monoisotopic (exact) mass is 277 g/mol. The van der Waals surface area contributed by atoms with Gasteiger partial charge in [-0.25, -0.2) is 4.39 Å². The number of hydrogen-bond donors (Lipinski definition) is 2. The fourth-order valence-electron chi connectivity index (χ4n) is 1.98. The number of nitrogens with zero attached hydrogens (tertiary/aromatic N) is 3. The number of rotatable bonds is 5. The van der Waals surface area contributed by atoms with Crippen LogP contribution in [0.5, 0.6) is 0 Å². The number of halogens is 1. The first kappa shape index (κ1) is 14.1. The van der Waals surface area contributed by atoms with E-state index < -0.39 is 5.82 Å². The quantitative estimate of drug-likeness (QED) is 0.874. The lowest BCUT2D eigenvalue weighted by Crippen LogP contribution is -2.29. The molecule has 0 spiro atoms. The average molecular weight is 277 g/mol. The van der Waals surface area contributed by atoms with E-state index in [-0.39, 0.29) is 17.5 Å². The second-order valence-electron chi connectivity index (χ2n) is 4.60. The Morgan fingerprint density at radius 3 is 2.85 bits per heavy atom. The summed E-state index contributed by atoms with van der Waals surface area (Å²) in [5.74, 6) is -0.356. The fraction of sp³-hybridized carbons (Fsp3) is 0.385. The Labute approximate surface area is 115 Å². The number of hydrogen-bond acceptors (Lipinski definition) is 4. The second kappa shape index (κ2) is 6.23. The maximum atomic E-state index is 13.3. The van der Waals surface area contributed by atoms with Gasteiger partial charge in [-0.2, -0.15) is 5.21 Å². The van der Waals surface area contributed by atoms with E-state index >= 15 is 0 Å². The zero-order valence-electron chi connectivity index (χ0n) is 11.4. The van der Waals surface area contributed by atoms with Crippen molar-refractivity contribution < 1.29 is 9.18 Å². The molecule has 0 aliphatic heterocycles. The number of benzene rings is 1. The van der Waals surface area contributed by atoms with Crippen molar-refractivity contribution in [3.8, 4) is 0 Å². The summed E-state index contributed by atoms with van der Waals surface area (Å²) in [6, 6.07) is 3.88. The average Bonchev–Trinajstić information content (AvgIpc) is 2.90. The summed E-state index contributed by atoms with van der Waals surface area (Å²) in [5.41, 5.74) is 0.980. The van der Waals surface area contributed by atoms with Crippen LogP contribution in [0.4, 0.5) is 4.39 Å². The molecule has 1 aromatic carbocycles. The van der Waals surface area contributed by atoms with Crippen molar-refractivity contribution in [2.75, 3.05) is 0 Å². The third-order valence-corrected chi connectivity index (χ3v) is 2.86. The summed E-state index contributed by atoms with van der Waals surface area (Å²) in [6.45, 7) is 3.73. The van der Waals surface area contributed by atoms with Gasteiger partial charge in [-0.3, -0.25) is 4.79 Å². The van der Waals surface area contributed by atoms with Crippen molar-refractivity contribution in [3.05, 3.63) is 41.0 Å². The van der Waals surface area contributed by atoms with Crippen LogP contribution < -0.4 is 5.32 Å². The molecule has 0 bridgehead atoms. The minimum atomic E-state index is -0.429. The first-order chi connectivity index (χ1) is 9.60. The Bertz CT molecular complexity index is 564. The molecular formula is C13H16FN5O. The van der Waals surface area contributed by atoms with Crippen LogP contribution in [-0.2, 0) is 0 Å². The maximum absolute atomic E-state index is 13.3. The smallest absolute Gasteiger partial charge is 0.251 e. The number of H-pyrrole nitrogens is 1. The number of aryl methyl sites for hydroxylation is 1. The Morgan fingerprint density at radius 2 is 2.25 bits per heavy atom. The van der Waals surface area contributed by atoms with Gasteiger partial charge in [0.2, 0.25) is 0 Å². The highest BCUT2D eigenvalue weighted by Gasteiger charge is 2.19. The first-order valence-electron chi connectivity index (χ1n) is 6.41. The van der Waals surface area contributed by atoms with Crippen LogP contribution in [0.15, 0.2) is 18.2 Å². The van der Waals surface area contributed by atoms with Gasteiger partial charge < -0.3 is 5.32 Å². The van der Waals surface area contributed by atoms with Crippen LogP contribution in [0.25, 0.3) is 0 Å². The van der Waals surface area contributed by atoms with Gasteiger partial charge >= 0.3 is 0 Å². The van der Waals surface area contributed by atoms with Crippen LogP contribution in [-0.4, -0.2) is 26.5 Å². The largest absolute Gasteiger partial charge is 0.342 e. The van der Waals surface area contributed by atoms with Crippen LogP contribution in [0.1, 0.15) is 47.6 Å². The normalized spacial score (nSPS) is 12.2. The Kier molecular flexibility index (Phi) is 4.39. The summed E-state index contributed by atoms with van der Waals surface area (Å²) in [5, 5.41) is 16.4. The number of tetrazole rings is 1. The number of carbonyl (C=O) groups excluding carboxylic acids is 1. The summed E-state index contributed by atoms with van der Waals surface area (Å²) in [4.78, 5) is 12.2. The molecule has 0 aliphatic carbocycles. The first-order valence-corrected chi connectivity index (χ1v) is 6.41. The van der Waals surface area contributed by atoms with E-state index in [1.54, 1.807) is 13.0 Å². The zero-order valence-corrected chi connectivity index (χ0v) is 11.4. The summed E-state index contributed by atoms with van der Waals surface area (Å²) < 4.78 is 13.3. The van der Waals surface area contributed by atoms with Crippen molar-refractivity contribution in [1.82, 2.24) is 25.9 Å². The summed E-state index contributed by atoms with van der Waals surface area (Å²) >= 11 is 0. The van der Waals surface area contributed by atoms with Gasteiger partial charge in [-0.15, -0.1) is 10.2 Å². The third kappa shape index (κ3) is 3.37. The van der Waals surface area contributed by atoms with E-state index in [0.29, 0.717) is 17.8 Å². The van der Waals surface area contributed by atoms with Gasteiger partial charge in [-0.1, -0.05) is 18.6 Å². The highest BCUT2D eigenvalue weighted by Crippen LogP contribution is 2.15. The molecule has 1 aromatic heterocycles. The SMILES string of the molecule is CCC[C@@H](NC(=O)c1cc(C)cc(F)c1)c1nn[nH]n1. The lowest BCUT2D eigenvalue weighted by Gasteiger charge is -2.14. The number of aromatic nitrogens is 4. The van der Waals surface area contributed by atoms with E-state index in [0.717, 1.165) is 6.42 Å². The molecule has 6 nitrogen and oxygen atoms in total. The van der Waals surface area contributed by atoms with Gasteiger partial charge in [-0.05, 0) is 37.1 Å². The van der Waals surface area contributed by atoms with E-state index in [2.05, 4.69) is 25.9 Å². The summed E-state index contributed by atoms with van der Waals surface area (Å²) in [6.07, 6.45) is 1.53. The molecule has 0 unspecified atom stereocenters. The lowest BCUT2D eigenvalue weighted by atomic mass is 10.1. The van der Waals surface area contributed by atoms with Crippen LogP contribution in [0, 0.1) is 12.7 Å². The molecule has 0 radical (unpaired) electrons. The van der Waals surface area contributed by atoms with E-state index in [1.165, 1.54) is 12.1 Å². The van der Waals surface area contributed by atoms with E-state index in [9.17, 15) is 9.18 Å². The third-order valence-electron chi connectivity index (χ3n) is 2.86. The lowest BCUT2D eigenvalue weighted by molar-refractivity contribution is 0.0932. The molecule has 1 heterocycles. The minimum Gasteiger partial charge on any atom is -0.342 e. The van der Waals surface area contributed by atoms with Crippen LogP contribution in [0.2, 0.25) is 0 Å². The molecule has 106 valence electrons. The second-order valence-corrected chi connectivity index (χ2v) is 4.60. The maximum Gasteiger partial charge on any atom is 0.251 e. The molecule has 2 N–H and O–H groups in total. The van der Waals surface area contributed by atoms with Gasteiger partial charge in [0.15, 0.2) is 5.82 Å². The number of nitrogens with one attached hydrogen (secondary N) is 2. The molecule has 1 atom stereocenters. The molecule has 2 aromatic rings. The molecule has 2 rings (SSSR count). The number of amides is 1. The van der Waals surface area contributed by atoms with Crippen molar-refractivity contribution in [2.45, 2.75) is 32.7 Å². The molecule has 0 saturated heterocycles. The van der Waals surface area contributed by atoms with Crippen molar-refractivity contribution >= 4 is 5.91 Å². The molecule has 1 amide bonds. The Morgan fingerprint density at radius 1 is 1.45 bits per heavy atom. The molecule has 0 fully saturated rings. The van der Waals surface area contributed by atoms with Gasteiger partial charge in [0, 0.05) is 5.56 Å². The highest BCUT2D eigenvalue weighted by atomic mass is 19.1. The minimum absolute atomic E-state index is 0.284. The van der Waals surface area contributed by atoms with Gasteiger partial charge in [0.1, 0.15) is 5.82 Å². The number of aromatic amines is 1. The molecule has 0 aliphatic rings. The highest BCUT2D eigenvalue weighted by molar-refractivity contribution is 5.94. The van der Waals surface area contributed by atoms with E-state index in [1.807, 2.05) is 6.92 Å². The predicted molar refractivity (Wildman–Crippen MR) is 70.4 cm³/mol. The van der Waals surface area contributed by atoms with Crippen LogP contribution >= 0.6 is 0 Å². The Balaban J connectivity index is 2.16. The molecule has 0 saturated carbocycles. The van der Waals surface area contributed by atoms with E-state index in [4.69, 9.17) is 0 Å². The van der Waals surface area contributed by atoms with Gasteiger partial charge in [0.25, 0.3) is 5.91 Å². The van der Waals surface area contributed by atoms with Gasteiger partial charge in [0.05, 0.1) is 6.04 Å². The topological polar surface area (TPSA) is 83.6 Å². The van der Waals surface area contributed by atoms with Crippen molar-refractivity contribution in [2.24, 2.45) is 0 Å². The standard InChI is InChI=1S/C13H16FN5O/c1-3-4-11(12-16-18-19-17-12)15-13(20)9-5-8(2)6-10(14)7-9/h5-7,11H,3-4H2,1-2H3,(H,15,20)(H,16,17,18,19)/t11-/m1/s1. The zero-order chi connectivity index (χ0) is 14.5. The van der Waals surface area contributed by atoms with Crippen molar-refractivity contribution in [1.29, 1.82) is 0 Å². The fourth-order valence-corrected chi connectivity index (χ4v) is 1.98. The molecule has 7 heteroatoms. The number of carbonyl (C=O) groups is 1. The van der Waals surface area contributed by atoms with Crippen molar-refractivity contribution in [3.63, 3.8) is 0 Å². The molecule has 20 heavy (non-hydrogen) atoms.